The van der Waals surface area contributed by atoms with Gasteiger partial charge in [0.2, 0.25) is 0 Å². The van der Waals surface area contributed by atoms with Crippen molar-refractivity contribution in [1.29, 1.82) is 5.26 Å². The zero-order valence-electron chi connectivity index (χ0n) is 10.5. The van der Waals surface area contributed by atoms with Crippen molar-refractivity contribution in [3.63, 3.8) is 0 Å². The Kier molecular flexibility index (Phi) is 3.68. The van der Waals surface area contributed by atoms with E-state index in [1.54, 1.807) is 11.3 Å². The van der Waals surface area contributed by atoms with Crippen LogP contribution in [-0.2, 0) is 0 Å². The summed E-state index contributed by atoms with van der Waals surface area (Å²) in [6, 6.07) is 22.4. The normalized spacial score (nSPS) is 10.2. The summed E-state index contributed by atoms with van der Waals surface area (Å²) in [5.74, 6) is 0. The fraction of sp³-hybridized carbons (Fsp3) is 0. The number of nitriles is 1. The Morgan fingerprint density at radius 2 is 1.25 bits per heavy atom. The third kappa shape index (κ3) is 2.67. The van der Waals surface area contributed by atoms with Crippen LogP contribution in [0.3, 0.4) is 0 Å². The van der Waals surface area contributed by atoms with Crippen LogP contribution in [0.1, 0.15) is 5.56 Å². The average Bonchev–Trinajstić information content (AvgIpc) is 2.98. The molecule has 0 saturated carbocycles. The molecular formula is C17H10BrNS. The van der Waals surface area contributed by atoms with E-state index in [9.17, 15) is 0 Å². The number of nitrogens with zero attached hydrogens (tertiary/aromatic N) is 1. The molecule has 0 radical (unpaired) electrons. The highest BCUT2D eigenvalue weighted by Gasteiger charge is 2.05. The zero-order valence-corrected chi connectivity index (χ0v) is 12.9. The van der Waals surface area contributed by atoms with Crippen LogP contribution in [-0.4, -0.2) is 0 Å². The highest BCUT2D eigenvalue weighted by atomic mass is 79.9. The summed E-state index contributed by atoms with van der Waals surface area (Å²) >= 11 is 5.21. The molecule has 0 bridgehead atoms. The second kappa shape index (κ2) is 5.62. The second-order valence-electron chi connectivity index (χ2n) is 4.36. The van der Waals surface area contributed by atoms with Gasteiger partial charge in [-0.05, 0) is 47.5 Å². The molecule has 1 aromatic heterocycles. The lowest BCUT2D eigenvalue weighted by Gasteiger charge is -1.98. The van der Waals surface area contributed by atoms with Crippen molar-refractivity contribution in [2.75, 3.05) is 0 Å². The highest BCUT2D eigenvalue weighted by Crippen LogP contribution is 2.34. The summed E-state index contributed by atoms with van der Waals surface area (Å²) in [6.07, 6.45) is 0. The van der Waals surface area contributed by atoms with Crippen LogP contribution >= 0.6 is 27.3 Å². The molecule has 0 aliphatic carbocycles. The molecule has 2 aromatic carbocycles. The van der Waals surface area contributed by atoms with E-state index in [-0.39, 0.29) is 0 Å². The molecule has 0 N–H and O–H groups in total. The number of rotatable bonds is 2. The summed E-state index contributed by atoms with van der Waals surface area (Å²) in [4.78, 5) is 2.46. The SMILES string of the molecule is N#Cc1ccc(-c2ccc(-c3ccc(Br)cc3)s2)cc1. The Hall–Kier alpha value is -1.89. The molecule has 3 heteroatoms. The quantitative estimate of drug-likeness (QED) is 0.586. The predicted octanol–water partition coefficient (Wildman–Crippen LogP) is 5.72. The minimum absolute atomic E-state index is 0.693. The molecule has 3 rings (SSSR count). The van der Waals surface area contributed by atoms with Crippen LogP contribution in [0, 0.1) is 11.3 Å². The van der Waals surface area contributed by atoms with Gasteiger partial charge in [-0.1, -0.05) is 40.2 Å². The van der Waals surface area contributed by atoms with Crippen molar-refractivity contribution in [3.05, 3.63) is 70.7 Å². The Morgan fingerprint density at radius 3 is 1.75 bits per heavy atom. The van der Waals surface area contributed by atoms with Gasteiger partial charge in [-0.3, -0.25) is 0 Å². The summed E-state index contributed by atoms with van der Waals surface area (Å²) in [5, 5.41) is 8.82. The van der Waals surface area contributed by atoms with E-state index in [4.69, 9.17) is 5.26 Å². The number of hydrogen-bond donors (Lipinski definition) is 0. The van der Waals surface area contributed by atoms with Gasteiger partial charge in [-0.15, -0.1) is 11.3 Å². The molecule has 0 amide bonds. The molecule has 0 saturated heterocycles. The minimum Gasteiger partial charge on any atom is -0.192 e. The first-order chi connectivity index (χ1) is 9.76. The fourth-order valence-corrected chi connectivity index (χ4v) is 3.25. The van der Waals surface area contributed by atoms with Crippen molar-refractivity contribution in [3.8, 4) is 27.0 Å². The van der Waals surface area contributed by atoms with E-state index >= 15 is 0 Å². The Balaban J connectivity index is 1.93. The van der Waals surface area contributed by atoms with Crippen molar-refractivity contribution >= 4 is 27.3 Å². The molecule has 20 heavy (non-hydrogen) atoms. The number of hydrogen-bond acceptors (Lipinski definition) is 2. The Morgan fingerprint density at radius 1 is 0.750 bits per heavy atom. The van der Waals surface area contributed by atoms with E-state index in [0.29, 0.717) is 5.56 Å². The van der Waals surface area contributed by atoms with Gasteiger partial charge in [0, 0.05) is 14.2 Å². The molecule has 96 valence electrons. The zero-order chi connectivity index (χ0) is 13.9. The summed E-state index contributed by atoms with van der Waals surface area (Å²) in [7, 11) is 0. The van der Waals surface area contributed by atoms with E-state index in [1.165, 1.54) is 15.3 Å². The van der Waals surface area contributed by atoms with Gasteiger partial charge in [0.1, 0.15) is 0 Å². The van der Waals surface area contributed by atoms with Crippen LogP contribution in [0.4, 0.5) is 0 Å². The molecule has 0 aliphatic heterocycles. The first-order valence-electron chi connectivity index (χ1n) is 6.12. The van der Waals surface area contributed by atoms with Crippen LogP contribution in [0.5, 0.6) is 0 Å². The minimum atomic E-state index is 0.693. The third-order valence-electron chi connectivity index (χ3n) is 3.03. The fourth-order valence-electron chi connectivity index (χ4n) is 1.97. The molecule has 0 aliphatic rings. The molecule has 0 atom stereocenters. The maximum Gasteiger partial charge on any atom is 0.0991 e. The van der Waals surface area contributed by atoms with Gasteiger partial charge < -0.3 is 0 Å². The average molecular weight is 340 g/mol. The topological polar surface area (TPSA) is 23.8 Å². The van der Waals surface area contributed by atoms with Crippen molar-refractivity contribution in [2.24, 2.45) is 0 Å². The second-order valence-corrected chi connectivity index (χ2v) is 6.36. The highest BCUT2D eigenvalue weighted by molar-refractivity contribution is 9.10. The van der Waals surface area contributed by atoms with Gasteiger partial charge in [0.15, 0.2) is 0 Å². The molecular weight excluding hydrogens is 330 g/mol. The lowest BCUT2D eigenvalue weighted by Crippen LogP contribution is -1.74. The Labute approximate surface area is 130 Å². The summed E-state index contributed by atoms with van der Waals surface area (Å²) in [6.45, 7) is 0. The molecule has 3 aromatic rings. The monoisotopic (exact) mass is 339 g/mol. The lowest BCUT2D eigenvalue weighted by atomic mass is 10.1. The number of benzene rings is 2. The van der Waals surface area contributed by atoms with Crippen LogP contribution in [0.25, 0.3) is 20.9 Å². The molecule has 0 spiro atoms. The van der Waals surface area contributed by atoms with Crippen LogP contribution in [0.15, 0.2) is 65.1 Å². The molecule has 0 fully saturated rings. The largest absolute Gasteiger partial charge is 0.192 e. The first kappa shape index (κ1) is 13.1. The van der Waals surface area contributed by atoms with Gasteiger partial charge in [-0.2, -0.15) is 5.26 Å². The maximum absolute atomic E-state index is 8.82. The lowest BCUT2D eigenvalue weighted by molar-refractivity contribution is 1.49. The van der Waals surface area contributed by atoms with Crippen molar-refractivity contribution < 1.29 is 0 Å². The van der Waals surface area contributed by atoms with Gasteiger partial charge in [-0.25, -0.2) is 0 Å². The first-order valence-corrected chi connectivity index (χ1v) is 7.73. The van der Waals surface area contributed by atoms with Crippen LogP contribution in [0.2, 0.25) is 0 Å². The Bertz CT molecular complexity index is 764. The molecule has 1 nitrogen and oxygen atoms in total. The van der Waals surface area contributed by atoms with E-state index in [2.05, 4.69) is 58.4 Å². The van der Waals surface area contributed by atoms with Crippen molar-refractivity contribution in [2.45, 2.75) is 0 Å². The molecule has 1 heterocycles. The van der Waals surface area contributed by atoms with Gasteiger partial charge >= 0.3 is 0 Å². The third-order valence-corrected chi connectivity index (χ3v) is 4.75. The van der Waals surface area contributed by atoms with Gasteiger partial charge in [0.25, 0.3) is 0 Å². The number of thiophene rings is 1. The van der Waals surface area contributed by atoms with Crippen molar-refractivity contribution in [1.82, 2.24) is 0 Å². The summed E-state index contributed by atoms with van der Waals surface area (Å²) in [5.41, 5.74) is 3.06. The van der Waals surface area contributed by atoms with E-state index < -0.39 is 0 Å². The van der Waals surface area contributed by atoms with E-state index in [1.807, 2.05) is 24.3 Å². The van der Waals surface area contributed by atoms with E-state index in [0.717, 1.165) is 10.0 Å². The summed E-state index contributed by atoms with van der Waals surface area (Å²) < 4.78 is 1.09. The predicted molar refractivity (Wildman–Crippen MR) is 87.6 cm³/mol. The molecule has 0 unspecified atom stereocenters. The smallest absolute Gasteiger partial charge is 0.0991 e. The van der Waals surface area contributed by atoms with Crippen LogP contribution < -0.4 is 0 Å². The number of halogens is 1. The maximum atomic E-state index is 8.82. The van der Waals surface area contributed by atoms with Gasteiger partial charge in [0.05, 0.1) is 11.6 Å². The standard InChI is InChI=1S/C17H10BrNS/c18-15-7-5-14(6-8-15)17-10-9-16(20-17)13-3-1-12(11-19)2-4-13/h1-10H.